The molecular formula is C18H20ClN3O4S2. The van der Waals surface area contributed by atoms with Crippen molar-refractivity contribution in [2.45, 2.75) is 17.7 Å². The Morgan fingerprint density at radius 1 is 1.25 bits per heavy atom. The summed E-state index contributed by atoms with van der Waals surface area (Å²) in [4.78, 5) is 26.3. The van der Waals surface area contributed by atoms with Crippen LogP contribution in [0.5, 0.6) is 0 Å². The van der Waals surface area contributed by atoms with Crippen LogP contribution in [0.4, 0.5) is 5.69 Å². The Bertz CT molecular complexity index is 984. The van der Waals surface area contributed by atoms with Gasteiger partial charge in [0, 0.05) is 30.8 Å². The lowest BCUT2D eigenvalue weighted by Crippen LogP contribution is -2.36. The van der Waals surface area contributed by atoms with Gasteiger partial charge < -0.3 is 10.2 Å². The maximum atomic E-state index is 12.8. The van der Waals surface area contributed by atoms with Crippen molar-refractivity contribution in [2.24, 2.45) is 0 Å². The number of thiophene rings is 1. The highest BCUT2D eigenvalue weighted by Crippen LogP contribution is 2.28. The monoisotopic (exact) mass is 441 g/mol. The van der Waals surface area contributed by atoms with Gasteiger partial charge in [-0.1, -0.05) is 17.7 Å². The number of hydrogen-bond donors (Lipinski definition) is 1. The molecule has 0 atom stereocenters. The first-order valence-electron chi connectivity index (χ1n) is 8.67. The molecule has 1 aromatic heterocycles. The van der Waals surface area contributed by atoms with Crippen molar-refractivity contribution in [1.29, 1.82) is 0 Å². The average Bonchev–Trinajstić information content (AvgIpc) is 3.33. The van der Waals surface area contributed by atoms with E-state index in [4.69, 9.17) is 11.6 Å². The molecule has 0 unspecified atom stereocenters. The Labute approximate surface area is 172 Å². The molecule has 0 saturated carbocycles. The van der Waals surface area contributed by atoms with E-state index >= 15 is 0 Å². The summed E-state index contributed by atoms with van der Waals surface area (Å²) in [5.74, 6) is -0.910. The lowest BCUT2D eigenvalue weighted by molar-refractivity contribution is -0.116. The van der Waals surface area contributed by atoms with E-state index in [1.165, 1.54) is 22.3 Å². The third-order valence-corrected chi connectivity index (χ3v) is 7.55. The van der Waals surface area contributed by atoms with Crippen molar-refractivity contribution < 1.29 is 18.0 Å². The number of hydrogen-bond acceptors (Lipinski definition) is 5. The lowest BCUT2D eigenvalue weighted by Gasteiger charge is -2.19. The van der Waals surface area contributed by atoms with Gasteiger partial charge in [-0.2, -0.15) is 4.31 Å². The molecule has 0 spiro atoms. The summed E-state index contributed by atoms with van der Waals surface area (Å²) in [6, 6.07) is 8.12. The molecule has 1 N–H and O–H groups in total. The van der Waals surface area contributed by atoms with Crippen LogP contribution in [0.2, 0.25) is 5.02 Å². The zero-order valence-corrected chi connectivity index (χ0v) is 17.6. The largest absolute Gasteiger partial charge is 0.332 e. The standard InChI is InChI=1S/C18H20ClN3O4S2/c1-21(12-16(23)20-14-6-4-5-13(19)11-14)18(24)17-15(7-10-27-17)28(25,26)22-8-2-3-9-22/h4-7,10-11H,2-3,8-9,12H2,1H3,(H,20,23). The van der Waals surface area contributed by atoms with Crippen molar-refractivity contribution in [1.82, 2.24) is 9.21 Å². The van der Waals surface area contributed by atoms with Crippen molar-refractivity contribution in [3.63, 3.8) is 0 Å². The molecule has 2 amide bonds. The van der Waals surface area contributed by atoms with E-state index < -0.39 is 21.8 Å². The van der Waals surface area contributed by atoms with Gasteiger partial charge in [0.15, 0.2) is 0 Å². The fraction of sp³-hybridized carbons (Fsp3) is 0.333. The number of nitrogens with one attached hydrogen (secondary N) is 1. The summed E-state index contributed by atoms with van der Waals surface area (Å²) < 4.78 is 27.0. The molecule has 0 aliphatic carbocycles. The smallest absolute Gasteiger partial charge is 0.265 e. The summed E-state index contributed by atoms with van der Waals surface area (Å²) in [6.45, 7) is 0.708. The Hall–Kier alpha value is -1.94. The molecule has 1 saturated heterocycles. The van der Waals surface area contributed by atoms with Crippen molar-refractivity contribution in [2.75, 3.05) is 32.0 Å². The molecule has 7 nitrogen and oxygen atoms in total. The number of anilines is 1. The average molecular weight is 442 g/mol. The number of amides is 2. The van der Waals surface area contributed by atoms with Crippen molar-refractivity contribution >= 4 is 50.5 Å². The predicted molar refractivity (Wildman–Crippen MR) is 109 cm³/mol. The molecule has 1 aromatic carbocycles. The van der Waals surface area contributed by atoms with Crippen LogP contribution in [0.15, 0.2) is 40.6 Å². The van der Waals surface area contributed by atoms with Gasteiger partial charge in [-0.05, 0) is 42.5 Å². The number of likely N-dealkylation sites (N-methyl/N-ethyl adjacent to an activating group) is 1. The highest BCUT2D eigenvalue weighted by Gasteiger charge is 2.32. The molecule has 1 aliphatic heterocycles. The summed E-state index contributed by atoms with van der Waals surface area (Å²) in [5.41, 5.74) is 0.520. The second-order valence-corrected chi connectivity index (χ2v) is 9.70. The molecule has 2 heterocycles. The fourth-order valence-corrected chi connectivity index (χ4v) is 6.05. The van der Waals surface area contributed by atoms with E-state index in [1.54, 1.807) is 29.6 Å². The molecule has 0 bridgehead atoms. The Kier molecular flexibility index (Phi) is 6.39. The first kappa shape index (κ1) is 20.8. The maximum absolute atomic E-state index is 12.8. The van der Waals surface area contributed by atoms with Crippen LogP contribution in [-0.4, -0.2) is 56.1 Å². The summed E-state index contributed by atoms with van der Waals surface area (Å²) in [6.07, 6.45) is 1.63. The number of sulfonamides is 1. The zero-order chi connectivity index (χ0) is 20.3. The van der Waals surface area contributed by atoms with Crippen LogP contribution in [0, 0.1) is 0 Å². The number of halogens is 1. The molecule has 3 rings (SSSR count). The number of carbonyl (C=O) groups excluding carboxylic acids is 2. The normalized spacial score (nSPS) is 14.8. The number of benzene rings is 1. The number of nitrogens with zero attached hydrogens (tertiary/aromatic N) is 2. The molecule has 1 fully saturated rings. The van der Waals surface area contributed by atoms with Crippen LogP contribution < -0.4 is 5.32 Å². The maximum Gasteiger partial charge on any atom is 0.265 e. The second-order valence-electron chi connectivity index (χ2n) is 6.44. The van der Waals surface area contributed by atoms with Crippen LogP contribution in [0.1, 0.15) is 22.5 Å². The Morgan fingerprint density at radius 2 is 1.96 bits per heavy atom. The van der Waals surface area contributed by atoms with Gasteiger partial charge in [0.25, 0.3) is 5.91 Å². The van der Waals surface area contributed by atoms with Gasteiger partial charge >= 0.3 is 0 Å². The number of rotatable bonds is 6. The molecular weight excluding hydrogens is 422 g/mol. The third kappa shape index (κ3) is 4.54. The van der Waals surface area contributed by atoms with E-state index in [2.05, 4.69) is 5.32 Å². The Morgan fingerprint density at radius 3 is 2.64 bits per heavy atom. The molecule has 1 aliphatic rings. The summed E-state index contributed by atoms with van der Waals surface area (Å²) in [7, 11) is -2.24. The second kappa shape index (κ2) is 8.60. The minimum absolute atomic E-state index is 0.00602. The van der Waals surface area contributed by atoms with Crippen LogP contribution in [0.3, 0.4) is 0 Å². The molecule has 0 radical (unpaired) electrons. The quantitative estimate of drug-likeness (QED) is 0.746. The first-order valence-corrected chi connectivity index (χ1v) is 11.4. The SMILES string of the molecule is CN(CC(=O)Nc1cccc(Cl)c1)C(=O)c1sccc1S(=O)(=O)N1CCCC1. The minimum Gasteiger partial charge on any atom is -0.332 e. The van der Waals surface area contributed by atoms with Gasteiger partial charge in [0.05, 0.1) is 6.54 Å². The first-order chi connectivity index (χ1) is 13.3. The van der Waals surface area contributed by atoms with Gasteiger partial charge in [-0.25, -0.2) is 8.42 Å². The molecule has 10 heteroatoms. The predicted octanol–water partition coefficient (Wildman–Crippen LogP) is 2.90. The fourth-order valence-electron chi connectivity index (χ4n) is 2.95. The van der Waals surface area contributed by atoms with E-state index in [1.807, 2.05) is 0 Å². The van der Waals surface area contributed by atoms with Gasteiger partial charge in [-0.15, -0.1) is 11.3 Å². The number of carbonyl (C=O) groups is 2. The molecule has 150 valence electrons. The third-order valence-electron chi connectivity index (χ3n) is 4.34. The lowest BCUT2D eigenvalue weighted by atomic mass is 10.3. The summed E-state index contributed by atoms with van der Waals surface area (Å²) in [5, 5.41) is 4.73. The van der Waals surface area contributed by atoms with Crippen LogP contribution in [0.25, 0.3) is 0 Å². The molecule has 2 aromatic rings. The van der Waals surface area contributed by atoms with Gasteiger partial charge in [0.1, 0.15) is 9.77 Å². The van der Waals surface area contributed by atoms with E-state index in [0.717, 1.165) is 24.2 Å². The van der Waals surface area contributed by atoms with Crippen molar-refractivity contribution in [3.8, 4) is 0 Å². The topological polar surface area (TPSA) is 86.8 Å². The van der Waals surface area contributed by atoms with Crippen LogP contribution in [-0.2, 0) is 14.8 Å². The van der Waals surface area contributed by atoms with E-state index in [9.17, 15) is 18.0 Å². The highest BCUT2D eigenvalue weighted by molar-refractivity contribution is 7.89. The van der Waals surface area contributed by atoms with Crippen molar-refractivity contribution in [3.05, 3.63) is 45.6 Å². The van der Waals surface area contributed by atoms with Crippen LogP contribution >= 0.6 is 22.9 Å². The Balaban J connectivity index is 1.70. The zero-order valence-electron chi connectivity index (χ0n) is 15.2. The summed E-state index contributed by atoms with van der Waals surface area (Å²) >= 11 is 6.95. The van der Waals surface area contributed by atoms with E-state index in [-0.39, 0.29) is 16.3 Å². The van der Waals surface area contributed by atoms with Gasteiger partial charge in [-0.3, -0.25) is 9.59 Å². The molecule has 28 heavy (non-hydrogen) atoms. The van der Waals surface area contributed by atoms with Gasteiger partial charge in [0.2, 0.25) is 15.9 Å². The highest BCUT2D eigenvalue weighted by atomic mass is 35.5. The minimum atomic E-state index is -3.71. The van der Waals surface area contributed by atoms with E-state index in [0.29, 0.717) is 23.8 Å².